The molecule has 3 aromatic rings. The van der Waals surface area contributed by atoms with E-state index in [2.05, 4.69) is 5.32 Å². The van der Waals surface area contributed by atoms with Crippen LogP contribution in [0.1, 0.15) is 36.6 Å². The van der Waals surface area contributed by atoms with Crippen LogP contribution in [-0.4, -0.2) is 30.1 Å². The van der Waals surface area contributed by atoms with Crippen molar-refractivity contribution in [2.24, 2.45) is 4.99 Å². The Morgan fingerprint density at radius 3 is 2.21 bits per heavy atom. The third-order valence-corrected chi connectivity index (χ3v) is 6.12. The number of amidine groups is 1. The second-order valence-corrected chi connectivity index (χ2v) is 9.08. The van der Waals surface area contributed by atoms with Crippen LogP contribution < -0.4 is 14.8 Å². The SMILES string of the molecule is COc1ccc(C2=NC(c3ccc(Cl)cc3)C(C(=O)O)(c3ccc(Cl)cc3)N2)c(OC(C)C)c1. The summed E-state index contributed by atoms with van der Waals surface area (Å²) >= 11 is 12.2. The molecule has 0 fully saturated rings. The van der Waals surface area contributed by atoms with Crippen molar-refractivity contribution < 1.29 is 19.4 Å². The van der Waals surface area contributed by atoms with Gasteiger partial charge in [-0.2, -0.15) is 0 Å². The van der Waals surface area contributed by atoms with Crippen LogP contribution in [0, 0.1) is 0 Å². The molecule has 0 bridgehead atoms. The molecule has 1 aliphatic rings. The van der Waals surface area contributed by atoms with Gasteiger partial charge in [-0.15, -0.1) is 0 Å². The smallest absolute Gasteiger partial charge is 0.336 e. The molecule has 6 nitrogen and oxygen atoms in total. The molecular weight excluding hydrogens is 475 g/mol. The van der Waals surface area contributed by atoms with Crippen molar-refractivity contribution in [1.29, 1.82) is 0 Å². The number of benzene rings is 3. The van der Waals surface area contributed by atoms with Crippen molar-refractivity contribution in [3.8, 4) is 11.5 Å². The highest BCUT2D eigenvalue weighted by Crippen LogP contribution is 2.44. The summed E-state index contributed by atoms with van der Waals surface area (Å²) in [5.74, 6) is 0.478. The molecule has 0 spiro atoms. The average molecular weight is 499 g/mol. The standard InChI is InChI=1S/C26H24Cl2N2O4/c1-15(2)34-22-14-20(33-3)12-13-21(22)24-29-23(16-4-8-18(27)9-5-16)26(30-24,25(31)32)17-6-10-19(28)11-7-17/h4-15,23H,1-3H3,(H,29,30)(H,31,32). The van der Waals surface area contributed by atoms with E-state index in [1.54, 1.807) is 73.8 Å². The van der Waals surface area contributed by atoms with Crippen molar-refractivity contribution in [3.63, 3.8) is 0 Å². The van der Waals surface area contributed by atoms with Gasteiger partial charge in [-0.05, 0) is 61.4 Å². The van der Waals surface area contributed by atoms with Crippen LogP contribution in [0.25, 0.3) is 0 Å². The van der Waals surface area contributed by atoms with Gasteiger partial charge in [-0.1, -0.05) is 47.5 Å². The maximum absolute atomic E-state index is 13.0. The third kappa shape index (κ3) is 4.43. The Balaban J connectivity index is 1.91. The summed E-state index contributed by atoms with van der Waals surface area (Å²) in [6, 6.07) is 18.3. The van der Waals surface area contributed by atoms with E-state index in [0.717, 1.165) is 0 Å². The van der Waals surface area contributed by atoms with E-state index in [-0.39, 0.29) is 6.10 Å². The number of methoxy groups -OCH3 is 1. The van der Waals surface area contributed by atoms with Crippen LogP contribution in [0.3, 0.4) is 0 Å². The van der Waals surface area contributed by atoms with E-state index in [9.17, 15) is 9.90 Å². The van der Waals surface area contributed by atoms with Crippen LogP contribution in [0.5, 0.6) is 11.5 Å². The second-order valence-electron chi connectivity index (χ2n) is 8.21. The quantitative estimate of drug-likeness (QED) is 0.426. The van der Waals surface area contributed by atoms with Crippen molar-refractivity contribution in [3.05, 3.63) is 93.5 Å². The Morgan fingerprint density at radius 2 is 1.65 bits per heavy atom. The van der Waals surface area contributed by atoms with Gasteiger partial charge < -0.3 is 19.9 Å². The number of ether oxygens (including phenoxy) is 2. The molecule has 1 aliphatic heterocycles. The number of halogens is 2. The first-order valence-corrected chi connectivity index (χ1v) is 11.5. The average Bonchev–Trinajstić information content (AvgIpc) is 3.21. The first-order chi connectivity index (χ1) is 16.2. The fourth-order valence-corrected chi connectivity index (χ4v) is 4.29. The summed E-state index contributed by atoms with van der Waals surface area (Å²) in [5, 5.41) is 14.9. The summed E-state index contributed by atoms with van der Waals surface area (Å²) in [6.07, 6.45) is -0.111. The van der Waals surface area contributed by atoms with Crippen LogP contribution in [0.4, 0.5) is 0 Å². The zero-order valence-electron chi connectivity index (χ0n) is 18.9. The van der Waals surface area contributed by atoms with E-state index in [0.29, 0.717) is 44.1 Å². The Morgan fingerprint density at radius 1 is 1.03 bits per heavy atom. The van der Waals surface area contributed by atoms with Gasteiger partial charge in [-0.3, -0.25) is 4.99 Å². The minimum Gasteiger partial charge on any atom is -0.497 e. The lowest BCUT2D eigenvalue weighted by Crippen LogP contribution is -2.51. The summed E-state index contributed by atoms with van der Waals surface area (Å²) in [4.78, 5) is 17.8. The fourth-order valence-electron chi connectivity index (χ4n) is 4.03. The van der Waals surface area contributed by atoms with E-state index in [1.807, 2.05) is 13.8 Å². The topological polar surface area (TPSA) is 80.2 Å². The number of carboxylic acids is 1. The molecule has 0 saturated heterocycles. The normalized spacial score (nSPS) is 19.5. The number of nitrogens with one attached hydrogen (secondary N) is 1. The number of aliphatic carboxylic acids is 1. The zero-order valence-corrected chi connectivity index (χ0v) is 20.4. The molecule has 0 aromatic heterocycles. The van der Waals surface area contributed by atoms with E-state index < -0.39 is 17.6 Å². The number of hydrogen-bond acceptors (Lipinski definition) is 5. The highest BCUT2D eigenvalue weighted by molar-refractivity contribution is 6.30. The Labute approximate surface area is 208 Å². The molecule has 2 atom stereocenters. The monoisotopic (exact) mass is 498 g/mol. The second kappa shape index (κ2) is 9.57. The molecule has 0 saturated carbocycles. The third-order valence-electron chi connectivity index (χ3n) is 5.61. The van der Waals surface area contributed by atoms with Crippen LogP contribution >= 0.6 is 23.2 Å². The van der Waals surface area contributed by atoms with Crippen molar-refractivity contribution in [1.82, 2.24) is 5.32 Å². The number of carbonyl (C=O) groups is 1. The van der Waals surface area contributed by atoms with Crippen LogP contribution in [0.15, 0.2) is 71.7 Å². The number of carboxylic acid groups (broad SMARTS) is 1. The predicted molar refractivity (Wildman–Crippen MR) is 133 cm³/mol. The minimum atomic E-state index is -1.58. The minimum absolute atomic E-state index is 0.111. The number of nitrogens with zero attached hydrogens (tertiary/aromatic N) is 1. The molecule has 34 heavy (non-hydrogen) atoms. The lowest BCUT2D eigenvalue weighted by molar-refractivity contribution is -0.145. The Kier molecular flexibility index (Phi) is 6.73. The number of rotatable bonds is 7. The van der Waals surface area contributed by atoms with Gasteiger partial charge >= 0.3 is 5.97 Å². The van der Waals surface area contributed by atoms with Crippen molar-refractivity contribution >= 4 is 35.0 Å². The van der Waals surface area contributed by atoms with Gasteiger partial charge in [0.1, 0.15) is 23.4 Å². The largest absolute Gasteiger partial charge is 0.497 e. The van der Waals surface area contributed by atoms with E-state index >= 15 is 0 Å². The maximum Gasteiger partial charge on any atom is 0.336 e. The Hall–Kier alpha value is -3.22. The molecule has 3 aromatic carbocycles. The van der Waals surface area contributed by atoms with Gasteiger partial charge in [-0.25, -0.2) is 4.79 Å². The highest BCUT2D eigenvalue weighted by atomic mass is 35.5. The van der Waals surface area contributed by atoms with Crippen molar-refractivity contribution in [2.75, 3.05) is 7.11 Å². The fraction of sp³-hybridized carbons (Fsp3) is 0.231. The van der Waals surface area contributed by atoms with E-state index in [1.165, 1.54) is 0 Å². The molecular formula is C26H24Cl2N2O4. The number of hydrogen-bond donors (Lipinski definition) is 2. The summed E-state index contributed by atoms with van der Waals surface area (Å²) in [5.41, 5.74) is 0.264. The molecule has 2 N–H and O–H groups in total. The Bertz CT molecular complexity index is 1230. The molecule has 2 unspecified atom stereocenters. The number of aliphatic imine (C=N–C) groups is 1. The molecule has 0 aliphatic carbocycles. The van der Waals surface area contributed by atoms with Crippen molar-refractivity contribution in [2.45, 2.75) is 31.5 Å². The lowest BCUT2D eigenvalue weighted by atomic mass is 9.80. The van der Waals surface area contributed by atoms with Gasteiger partial charge in [0, 0.05) is 16.1 Å². The molecule has 4 rings (SSSR count). The van der Waals surface area contributed by atoms with Crippen LogP contribution in [0.2, 0.25) is 10.0 Å². The highest BCUT2D eigenvalue weighted by Gasteiger charge is 2.53. The first kappa shape index (κ1) is 23.9. The van der Waals surface area contributed by atoms with Crippen LogP contribution in [-0.2, 0) is 10.3 Å². The molecule has 0 amide bonds. The van der Waals surface area contributed by atoms with Gasteiger partial charge in [0.2, 0.25) is 0 Å². The first-order valence-electron chi connectivity index (χ1n) is 10.7. The zero-order chi connectivity index (χ0) is 24.5. The summed E-state index contributed by atoms with van der Waals surface area (Å²) < 4.78 is 11.4. The summed E-state index contributed by atoms with van der Waals surface area (Å²) in [6.45, 7) is 3.83. The maximum atomic E-state index is 13.0. The van der Waals surface area contributed by atoms with E-state index in [4.69, 9.17) is 37.7 Å². The molecule has 8 heteroatoms. The van der Waals surface area contributed by atoms with Gasteiger partial charge in [0.25, 0.3) is 0 Å². The molecule has 1 heterocycles. The lowest BCUT2D eigenvalue weighted by Gasteiger charge is -2.31. The predicted octanol–water partition coefficient (Wildman–Crippen LogP) is 5.86. The molecule has 0 radical (unpaired) electrons. The summed E-state index contributed by atoms with van der Waals surface area (Å²) in [7, 11) is 1.58. The van der Waals surface area contributed by atoms with Gasteiger partial charge in [0.15, 0.2) is 5.54 Å². The van der Waals surface area contributed by atoms with Gasteiger partial charge in [0.05, 0.1) is 18.8 Å². The molecule has 176 valence electrons.